The number of esters is 2. The van der Waals surface area contributed by atoms with Gasteiger partial charge in [-0.25, -0.2) is 18.0 Å². The van der Waals surface area contributed by atoms with Crippen molar-refractivity contribution in [2.24, 2.45) is 0 Å². The minimum atomic E-state index is -3.82. The highest BCUT2D eigenvalue weighted by atomic mass is 32.2. The Labute approximate surface area is 193 Å². The monoisotopic (exact) mass is 476 g/mol. The number of ether oxygens (including phenoxy) is 2. The number of rotatable bonds is 8. The second kappa shape index (κ2) is 10.5. The van der Waals surface area contributed by atoms with Crippen LogP contribution in [0.25, 0.3) is 0 Å². The fourth-order valence-corrected chi connectivity index (χ4v) is 4.52. The van der Waals surface area contributed by atoms with E-state index in [4.69, 9.17) is 9.47 Å². The Morgan fingerprint density at radius 2 is 1.48 bits per heavy atom. The van der Waals surface area contributed by atoms with E-state index in [0.717, 1.165) is 21.7 Å². The van der Waals surface area contributed by atoms with Crippen LogP contribution in [0.15, 0.2) is 36.4 Å². The van der Waals surface area contributed by atoms with Gasteiger partial charge < -0.3 is 14.8 Å². The van der Waals surface area contributed by atoms with Crippen LogP contribution < -0.4 is 9.62 Å². The number of carbonyl (C=O) groups is 3. The number of nitrogens with zero attached hydrogens (tertiary/aromatic N) is 1. The lowest BCUT2D eigenvalue weighted by atomic mass is 10.1. The van der Waals surface area contributed by atoms with Crippen molar-refractivity contribution in [3.8, 4) is 0 Å². The second-order valence-corrected chi connectivity index (χ2v) is 9.38. The van der Waals surface area contributed by atoms with Crippen molar-refractivity contribution < 1.29 is 32.3 Å². The largest absolute Gasteiger partial charge is 0.465 e. The highest BCUT2D eigenvalue weighted by molar-refractivity contribution is 7.92. The summed E-state index contributed by atoms with van der Waals surface area (Å²) in [5.41, 5.74) is 2.40. The molecule has 0 saturated carbocycles. The third-order valence-electron chi connectivity index (χ3n) is 5.12. The van der Waals surface area contributed by atoms with Crippen LogP contribution in [0.3, 0.4) is 0 Å². The Bertz CT molecular complexity index is 1140. The number of anilines is 2. The number of nitrogens with one attached hydrogen (secondary N) is 1. The van der Waals surface area contributed by atoms with Gasteiger partial charge in [-0.3, -0.25) is 9.10 Å². The molecule has 0 unspecified atom stereocenters. The van der Waals surface area contributed by atoms with Crippen LogP contribution in [-0.2, 0) is 24.3 Å². The number of methoxy groups -OCH3 is 2. The summed E-state index contributed by atoms with van der Waals surface area (Å²) in [4.78, 5) is 37.2. The number of hydrogen-bond acceptors (Lipinski definition) is 7. The zero-order valence-electron chi connectivity index (χ0n) is 19.5. The maximum atomic E-state index is 13.2. The number of benzene rings is 2. The Morgan fingerprint density at radius 1 is 0.939 bits per heavy atom. The molecule has 0 aliphatic heterocycles. The number of aryl methyl sites for hydroxylation is 2. The van der Waals surface area contributed by atoms with Gasteiger partial charge in [-0.2, -0.15) is 0 Å². The lowest BCUT2D eigenvalue weighted by Gasteiger charge is -2.30. The fourth-order valence-electron chi connectivity index (χ4n) is 3.32. The van der Waals surface area contributed by atoms with Crippen LogP contribution in [0.5, 0.6) is 0 Å². The van der Waals surface area contributed by atoms with E-state index in [2.05, 4.69) is 5.32 Å². The van der Waals surface area contributed by atoms with Gasteiger partial charge in [-0.1, -0.05) is 13.0 Å². The molecule has 0 fully saturated rings. The van der Waals surface area contributed by atoms with Crippen LogP contribution in [0, 0.1) is 13.8 Å². The van der Waals surface area contributed by atoms with Crippen LogP contribution in [0.4, 0.5) is 11.4 Å². The van der Waals surface area contributed by atoms with Crippen LogP contribution in [0.1, 0.15) is 45.2 Å². The molecule has 0 spiro atoms. The van der Waals surface area contributed by atoms with Gasteiger partial charge in [-0.05, 0) is 61.7 Å². The number of carbonyl (C=O) groups excluding carboxylic acids is 3. The van der Waals surface area contributed by atoms with Crippen LogP contribution in [-0.4, -0.2) is 52.8 Å². The predicted octanol–water partition coefficient (Wildman–Crippen LogP) is 3.06. The molecule has 2 rings (SSSR count). The number of amides is 1. The molecule has 33 heavy (non-hydrogen) atoms. The Kier molecular flexibility index (Phi) is 8.21. The van der Waals surface area contributed by atoms with E-state index < -0.39 is 33.9 Å². The van der Waals surface area contributed by atoms with Crippen LogP contribution in [0.2, 0.25) is 0 Å². The van der Waals surface area contributed by atoms with E-state index >= 15 is 0 Å². The summed E-state index contributed by atoms with van der Waals surface area (Å²) in [6, 6.07) is 8.02. The quantitative estimate of drug-likeness (QED) is 0.582. The Balaban J connectivity index is 2.49. The molecule has 0 aliphatic carbocycles. The average Bonchev–Trinajstić information content (AvgIpc) is 2.76. The lowest BCUT2D eigenvalue weighted by molar-refractivity contribution is -0.117. The van der Waals surface area contributed by atoms with E-state index in [9.17, 15) is 22.8 Å². The van der Waals surface area contributed by atoms with Gasteiger partial charge in [0.15, 0.2) is 0 Å². The molecule has 1 amide bonds. The summed E-state index contributed by atoms with van der Waals surface area (Å²) in [6.45, 7) is 5.45. The summed E-state index contributed by atoms with van der Waals surface area (Å²) in [5.74, 6) is -2.05. The predicted molar refractivity (Wildman–Crippen MR) is 125 cm³/mol. The highest BCUT2D eigenvalue weighted by Gasteiger charge is 2.32. The first-order chi connectivity index (χ1) is 15.4. The van der Waals surface area contributed by atoms with E-state index in [1.54, 1.807) is 25.1 Å². The topological polar surface area (TPSA) is 119 Å². The molecule has 0 aliphatic rings. The molecule has 0 aromatic heterocycles. The first-order valence-corrected chi connectivity index (χ1v) is 12.0. The molecule has 0 saturated heterocycles. The molecular formula is C23H28N2O7S. The summed E-state index contributed by atoms with van der Waals surface area (Å²) >= 11 is 0. The normalized spacial score (nSPS) is 11.9. The molecule has 2 aromatic carbocycles. The van der Waals surface area contributed by atoms with Crippen molar-refractivity contribution in [2.45, 2.75) is 33.2 Å². The van der Waals surface area contributed by atoms with Gasteiger partial charge in [0, 0.05) is 5.69 Å². The minimum Gasteiger partial charge on any atom is -0.465 e. The summed E-state index contributed by atoms with van der Waals surface area (Å²) in [5, 5.41) is 2.62. The van der Waals surface area contributed by atoms with Crippen molar-refractivity contribution >= 4 is 39.2 Å². The molecule has 178 valence electrons. The third-order valence-corrected chi connectivity index (χ3v) is 6.30. The van der Waals surface area contributed by atoms with E-state index in [1.807, 2.05) is 13.8 Å². The van der Waals surface area contributed by atoms with Gasteiger partial charge in [0.1, 0.15) is 6.04 Å². The molecule has 0 heterocycles. The molecule has 1 atom stereocenters. The minimum absolute atomic E-state index is 0.0258. The van der Waals surface area contributed by atoms with Crippen molar-refractivity contribution in [1.29, 1.82) is 0 Å². The number of sulfonamides is 1. The highest BCUT2D eigenvalue weighted by Crippen LogP contribution is 2.26. The molecule has 0 radical (unpaired) electrons. The summed E-state index contributed by atoms with van der Waals surface area (Å²) in [6.07, 6.45) is 1.21. The van der Waals surface area contributed by atoms with Crippen molar-refractivity contribution in [2.75, 3.05) is 30.1 Å². The molecule has 2 aromatic rings. The van der Waals surface area contributed by atoms with Crippen LogP contribution >= 0.6 is 0 Å². The molecule has 9 nitrogen and oxygen atoms in total. The van der Waals surface area contributed by atoms with Gasteiger partial charge in [0.2, 0.25) is 15.9 Å². The Morgan fingerprint density at radius 3 is 1.91 bits per heavy atom. The van der Waals surface area contributed by atoms with Gasteiger partial charge in [0.25, 0.3) is 0 Å². The maximum Gasteiger partial charge on any atom is 0.337 e. The summed E-state index contributed by atoms with van der Waals surface area (Å²) in [7, 11) is -1.45. The molecule has 1 N–H and O–H groups in total. The first-order valence-electron chi connectivity index (χ1n) is 10.1. The molecule has 0 bridgehead atoms. The molecular weight excluding hydrogens is 448 g/mol. The van der Waals surface area contributed by atoms with Crippen molar-refractivity contribution in [3.05, 3.63) is 58.7 Å². The summed E-state index contributed by atoms with van der Waals surface area (Å²) < 4.78 is 35.8. The molecule has 10 heteroatoms. The zero-order valence-corrected chi connectivity index (χ0v) is 20.3. The average molecular weight is 477 g/mol. The first kappa shape index (κ1) is 25.9. The lowest BCUT2D eigenvalue weighted by Crippen LogP contribution is -2.47. The maximum absolute atomic E-state index is 13.2. The van der Waals surface area contributed by atoms with E-state index in [-0.39, 0.29) is 23.2 Å². The second-order valence-electron chi connectivity index (χ2n) is 7.52. The third kappa shape index (κ3) is 6.10. The van der Waals surface area contributed by atoms with Gasteiger partial charge in [0.05, 0.1) is 37.3 Å². The van der Waals surface area contributed by atoms with Crippen molar-refractivity contribution in [3.63, 3.8) is 0 Å². The standard InChI is InChI=1S/C23H28N2O7S/c1-7-20(25(33(6,29)30)19-9-8-14(2)15(3)10-19)21(26)24-18-12-16(22(27)31-4)11-17(13-18)23(28)32-5/h8-13,20H,7H2,1-6H3,(H,24,26)/t20-/m1/s1. The van der Waals surface area contributed by atoms with E-state index in [0.29, 0.717) is 5.69 Å². The SMILES string of the molecule is CC[C@H](C(=O)Nc1cc(C(=O)OC)cc(C(=O)OC)c1)N(c1ccc(C)c(C)c1)S(C)(=O)=O. The Hall–Kier alpha value is -3.40. The zero-order chi connectivity index (χ0) is 24.9. The fraction of sp³-hybridized carbons (Fsp3) is 0.348. The smallest absolute Gasteiger partial charge is 0.337 e. The van der Waals surface area contributed by atoms with Gasteiger partial charge >= 0.3 is 11.9 Å². The van der Waals surface area contributed by atoms with Crippen molar-refractivity contribution in [1.82, 2.24) is 0 Å². The van der Waals surface area contributed by atoms with Gasteiger partial charge in [-0.15, -0.1) is 0 Å². The number of hydrogen-bond donors (Lipinski definition) is 1. The van der Waals surface area contributed by atoms with E-state index in [1.165, 1.54) is 32.4 Å².